The van der Waals surface area contributed by atoms with E-state index in [1.54, 1.807) is 0 Å². The SMILES string of the molecule is CC(C)N(CCF)CCC1NCCC1=S. The molecular weight excluding hydrogens is 211 g/mol. The molecule has 15 heavy (non-hydrogen) atoms. The second kappa shape index (κ2) is 6.51. The Bertz CT molecular complexity index is 209. The largest absolute Gasteiger partial charge is 0.309 e. The van der Waals surface area contributed by atoms with Crippen LogP contribution in [0.3, 0.4) is 0 Å². The van der Waals surface area contributed by atoms with Gasteiger partial charge in [-0.3, -0.25) is 4.90 Å². The van der Waals surface area contributed by atoms with Gasteiger partial charge >= 0.3 is 0 Å². The molecule has 1 N–H and O–H groups in total. The van der Waals surface area contributed by atoms with E-state index in [0.717, 1.165) is 30.8 Å². The van der Waals surface area contributed by atoms with Crippen LogP contribution in [0.2, 0.25) is 0 Å². The van der Waals surface area contributed by atoms with Crippen LogP contribution in [0.5, 0.6) is 0 Å². The van der Waals surface area contributed by atoms with Crippen LogP contribution < -0.4 is 5.32 Å². The Morgan fingerprint density at radius 3 is 2.73 bits per heavy atom. The Kier molecular flexibility index (Phi) is 5.64. The first kappa shape index (κ1) is 13.0. The topological polar surface area (TPSA) is 15.3 Å². The highest BCUT2D eigenvalue weighted by Crippen LogP contribution is 2.09. The van der Waals surface area contributed by atoms with E-state index in [2.05, 4.69) is 24.1 Å². The Morgan fingerprint density at radius 1 is 1.53 bits per heavy atom. The second-order valence-corrected chi connectivity index (χ2v) is 4.85. The molecule has 88 valence electrons. The van der Waals surface area contributed by atoms with Crippen molar-refractivity contribution in [2.75, 3.05) is 26.3 Å². The maximum atomic E-state index is 12.3. The first-order valence-electron chi connectivity index (χ1n) is 5.71. The van der Waals surface area contributed by atoms with Gasteiger partial charge in [-0.15, -0.1) is 0 Å². The van der Waals surface area contributed by atoms with Gasteiger partial charge in [-0.05, 0) is 26.7 Å². The summed E-state index contributed by atoms with van der Waals surface area (Å²) in [5, 5.41) is 3.38. The molecule has 1 fully saturated rings. The zero-order valence-electron chi connectivity index (χ0n) is 9.63. The van der Waals surface area contributed by atoms with Crippen molar-refractivity contribution in [3.8, 4) is 0 Å². The number of hydrogen-bond donors (Lipinski definition) is 1. The van der Waals surface area contributed by atoms with Crippen molar-refractivity contribution < 1.29 is 4.39 Å². The fourth-order valence-electron chi connectivity index (χ4n) is 1.95. The molecule has 1 heterocycles. The molecule has 1 saturated heterocycles. The lowest BCUT2D eigenvalue weighted by atomic mass is 10.1. The van der Waals surface area contributed by atoms with Crippen molar-refractivity contribution >= 4 is 17.1 Å². The molecule has 0 aliphatic carbocycles. The molecule has 1 aliphatic rings. The van der Waals surface area contributed by atoms with E-state index >= 15 is 0 Å². The van der Waals surface area contributed by atoms with Gasteiger partial charge < -0.3 is 5.32 Å². The average molecular weight is 232 g/mol. The molecule has 0 radical (unpaired) electrons. The normalized spacial score (nSPS) is 21.9. The first-order valence-corrected chi connectivity index (χ1v) is 6.12. The van der Waals surface area contributed by atoms with Crippen LogP contribution in [0.1, 0.15) is 26.7 Å². The van der Waals surface area contributed by atoms with Crippen LogP contribution >= 0.6 is 12.2 Å². The van der Waals surface area contributed by atoms with Gasteiger partial charge in [-0.1, -0.05) is 12.2 Å². The fourth-order valence-corrected chi connectivity index (χ4v) is 2.26. The van der Waals surface area contributed by atoms with Crippen LogP contribution in [0.25, 0.3) is 0 Å². The van der Waals surface area contributed by atoms with Crippen molar-refractivity contribution in [2.24, 2.45) is 0 Å². The lowest BCUT2D eigenvalue weighted by Gasteiger charge is -2.26. The maximum absolute atomic E-state index is 12.3. The molecule has 0 aromatic heterocycles. The van der Waals surface area contributed by atoms with Gasteiger partial charge in [0.25, 0.3) is 0 Å². The molecule has 2 nitrogen and oxygen atoms in total. The Morgan fingerprint density at radius 2 is 2.27 bits per heavy atom. The number of halogens is 1. The molecule has 0 spiro atoms. The molecule has 1 unspecified atom stereocenters. The molecule has 0 aromatic rings. The van der Waals surface area contributed by atoms with Gasteiger partial charge in [-0.25, -0.2) is 4.39 Å². The van der Waals surface area contributed by atoms with Gasteiger partial charge in [0.15, 0.2) is 0 Å². The van der Waals surface area contributed by atoms with Crippen molar-refractivity contribution in [3.05, 3.63) is 0 Å². The maximum Gasteiger partial charge on any atom is 0.102 e. The molecular formula is C11H21FN2S. The van der Waals surface area contributed by atoms with Crippen LogP contribution in [0.15, 0.2) is 0 Å². The van der Waals surface area contributed by atoms with Gasteiger partial charge in [0.05, 0.1) is 0 Å². The van der Waals surface area contributed by atoms with Crippen molar-refractivity contribution in [3.63, 3.8) is 0 Å². The summed E-state index contributed by atoms with van der Waals surface area (Å²) in [6.07, 6.45) is 2.03. The minimum Gasteiger partial charge on any atom is -0.309 e. The number of hydrogen-bond acceptors (Lipinski definition) is 3. The average Bonchev–Trinajstić information content (AvgIpc) is 2.58. The van der Waals surface area contributed by atoms with Gasteiger partial charge in [0, 0.05) is 36.6 Å². The molecule has 0 aromatic carbocycles. The minimum absolute atomic E-state index is 0.263. The van der Waals surface area contributed by atoms with Gasteiger partial charge in [0.2, 0.25) is 0 Å². The number of nitrogens with one attached hydrogen (secondary N) is 1. The third kappa shape index (κ3) is 4.13. The van der Waals surface area contributed by atoms with Crippen LogP contribution in [-0.4, -0.2) is 48.2 Å². The van der Waals surface area contributed by atoms with Crippen LogP contribution in [0, 0.1) is 0 Å². The van der Waals surface area contributed by atoms with Crippen molar-refractivity contribution in [1.29, 1.82) is 0 Å². The summed E-state index contributed by atoms with van der Waals surface area (Å²) < 4.78 is 12.3. The standard InChI is InChI=1S/C11H21FN2S/c1-9(2)14(8-5-12)7-4-10-11(15)3-6-13-10/h9-10,13H,3-8H2,1-2H3. The quantitative estimate of drug-likeness (QED) is 0.703. The molecule has 0 amide bonds. The first-order chi connectivity index (χ1) is 7.15. The molecule has 1 aliphatic heterocycles. The zero-order valence-corrected chi connectivity index (χ0v) is 10.4. The Labute approximate surface area is 97.2 Å². The van der Waals surface area contributed by atoms with E-state index in [1.165, 1.54) is 0 Å². The highest BCUT2D eigenvalue weighted by molar-refractivity contribution is 7.80. The molecule has 1 rings (SSSR count). The van der Waals surface area contributed by atoms with E-state index in [4.69, 9.17) is 12.2 Å². The number of alkyl halides is 1. The smallest absolute Gasteiger partial charge is 0.102 e. The minimum atomic E-state index is -0.263. The molecule has 0 saturated carbocycles. The predicted molar refractivity (Wildman–Crippen MR) is 66.3 cm³/mol. The summed E-state index contributed by atoms with van der Waals surface area (Å²) in [4.78, 5) is 3.31. The number of rotatable bonds is 6. The molecule has 4 heteroatoms. The monoisotopic (exact) mass is 232 g/mol. The van der Waals surface area contributed by atoms with Crippen molar-refractivity contribution in [2.45, 2.75) is 38.8 Å². The number of nitrogens with zero attached hydrogens (tertiary/aromatic N) is 1. The lowest BCUT2D eigenvalue weighted by Crippen LogP contribution is -2.38. The van der Waals surface area contributed by atoms with E-state index in [9.17, 15) is 4.39 Å². The predicted octanol–water partition coefficient (Wildman–Crippen LogP) is 1.79. The van der Waals surface area contributed by atoms with Crippen LogP contribution in [0.4, 0.5) is 4.39 Å². The summed E-state index contributed by atoms with van der Waals surface area (Å²) in [6, 6.07) is 0.789. The summed E-state index contributed by atoms with van der Waals surface area (Å²) in [5.41, 5.74) is 0. The van der Waals surface area contributed by atoms with E-state index in [0.29, 0.717) is 18.6 Å². The van der Waals surface area contributed by atoms with E-state index < -0.39 is 0 Å². The molecule has 0 bridgehead atoms. The summed E-state index contributed by atoms with van der Waals surface area (Å²) in [7, 11) is 0. The highest BCUT2D eigenvalue weighted by atomic mass is 32.1. The fraction of sp³-hybridized carbons (Fsp3) is 0.909. The van der Waals surface area contributed by atoms with Crippen molar-refractivity contribution in [1.82, 2.24) is 10.2 Å². The third-order valence-electron chi connectivity index (χ3n) is 2.96. The summed E-state index contributed by atoms with van der Waals surface area (Å²) in [5.74, 6) is 0. The molecule has 1 atom stereocenters. The summed E-state index contributed by atoms with van der Waals surface area (Å²) >= 11 is 5.27. The Hall–Kier alpha value is -0.0600. The number of thiocarbonyl (C=S) groups is 1. The zero-order chi connectivity index (χ0) is 11.3. The third-order valence-corrected chi connectivity index (χ3v) is 3.45. The van der Waals surface area contributed by atoms with Gasteiger partial charge in [0.1, 0.15) is 6.67 Å². The highest BCUT2D eigenvalue weighted by Gasteiger charge is 2.21. The lowest BCUT2D eigenvalue weighted by molar-refractivity contribution is 0.198. The van der Waals surface area contributed by atoms with Gasteiger partial charge in [-0.2, -0.15) is 0 Å². The summed E-state index contributed by atoms with van der Waals surface area (Å²) in [6.45, 7) is 6.43. The van der Waals surface area contributed by atoms with Crippen LogP contribution in [-0.2, 0) is 0 Å². The second-order valence-electron chi connectivity index (χ2n) is 4.33. The van der Waals surface area contributed by atoms with E-state index in [1.807, 2.05) is 0 Å². The van der Waals surface area contributed by atoms with E-state index in [-0.39, 0.29) is 6.67 Å². The Balaban J connectivity index is 2.29.